The highest BCUT2D eigenvalue weighted by Crippen LogP contribution is 2.38. The van der Waals surface area contributed by atoms with E-state index in [0.717, 1.165) is 10.6 Å². The predicted octanol–water partition coefficient (Wildman–Crippen LogP) is 4.27. The number of benzene rings is 1. The molecule has 1 aliphatic rings. The van der Waals surface area contributed by atoms with Crippen molar-refractivity contribution in [3.8, 4) is 0 Å². The number of carbonyl (C=O) groups is 1. The summed E-state index contributed by atoms with van der Waals surface area (Å²) in [7, 11) is 0. The fraction of sp³-hybridized carbons (Fsp3) is 0.375. The van der Waals surface area contributed by atoms with E-state index in [1.54, 1.807) is 13.0 Å². The van der Waals surface area contributed by atoms with Crippen molar-refractivity contribution in [1.29, 1.82) is 0 Å². The van der Waals surface area contributed by atoms with Gasteiger partial charge in [0.25, 0.3) is 5.91 Å². The predicted molar refractivity (Wildman–Crippen MR) is 83.7 cm³/mol. The molecule has 1 aromatic heterocycles. The van der Waals surface area contributed by atoms with Crippen molar-refractivity contribution >= 4 is 23.4 Å². The van der Waals surface area contributed by atoms with Crippen LogP contribution in [0.2, 0.25) is 0 Å². The minimum atomic E-state index is -0.255. The van der Waals surface area contributed by atoms with Crippen LogP contribution in [-0.2, 0) is 0 Å². The summed E-state index contributed by atoms with van der Waals surface area (Å²) in [5, 5.41) is 7.33. The number of para-hydroxylation sites is 1. The lowest BCUT2D eigenvalue weighted by molar-refractivity contribution is 0.0987. The van der Waals surface area contributed by atoms with E-state index in [1.807, 2.05) is 30.0 Å². The molecule has 4 nitrogen and oxygen atoms in total. The average molecular weight is 302 g/mol. The van der Waals surface area contributed by atoms with Crippen LogP contribution < -0.4 is 5.32 Å². The lowest BCUT2D eigenvalue weighted by Crippen LogP contribution is -2.12. The molecule has 0 bridgehead atoms. The van der Waals surface area contributed by atoms with E-state index in [-0.39, 0.29) is 11.7 Å². The third kappa shape index (κ3) is 3.47. The Labute approximate surface area is 128 Å². The second-order valence-electron chi connectivity index (χ2n) is 5.31. The van der Waals surface area contributed by atoms with Crippen molar-refractivity contribution in [2.75, 3.05) is 5.32 Å². The number of carbonyl (C=O) groups excluding carboxylic acids is 1. The van der Waals surface area contributed by atoms with Crippen LogP contribution in [0.3, 0.4) is 0 Å². The van der Waals surface area contributed by atoms with Crippen LogP contribution in [0.1, 0.15) is 41.9 Å². The molecular formula is C16H18N2O2S. The summed E-state index contributed by atoms with van der Waals surface area (Å²) in [6.07, 6.45) is 5.13. The van der Waals surface area contributed by atoms with Crippen molar-refractivity contribution in [3.63, 3.8) is 0 Å². The van der Waals surface area contributed by atoms with Gasteiger partial charge >= 0.3 is 0 Å². The summed E-state index contributed by atoms with van der Waals surface area (Å²) >= 11 is 1.86. The number of nitrogens with zero attached hydrogens (tertiary/aromatic N) is 1. The van der Waals surface area contributed by atoms with Gasteiger partial charge in [-0.05, 0) is 31.9 Å². The zero-order chi connectivity index (χ0) is 14.7. The molecule has 1 fully saturated rings. The summed E-state index contributed by atoms with van der Waals surface area (Å²) in [5.74, 6) is -0.0109. The van der Waals surface area contributed by atoms with E-state index in [2.05, 4.69) is 16.5 Å². The Morgan fingerprint density at radius 3 is 2.81 bits per heavy atom. The van der Waals surface area contributed by atoms with Crippen molar-refractivity contribution < 1.29 is 9.32 Å². The second-order valence-corrected chi connectivity index (χ2v) is 6.65. The van der Waals surface area contributed by atoms with Crippen molar-refractivity contribution in [2.24, 2.45) is 0 Å². The number of hydrogen-bond acceptors (Lipinski definition) is 4. The third-order valence-corrected chi connectivity index (χ3v) is 5.00. The van der Waals surface area contributed by atoms with E-state index in [1.165, 1.54) is 25.7 Å². The molecule has 1 heterocycles. The number of anilines is 1. The van der Waals surface area contributed by atoms with Gasteiger partial charge in [-0.25, -0.2) is 0 Å². The van der Waals surface area contributed by atoms with Crippen molar-refractivity contribution in [3.05, 3.63) is 41.8 Å². The van der Waals surface area contributed by atoms with E-state index < -0.39 is 0 Å². The molecule has 0 spiro atoms. The first-order chi connectivity index (χ1) is 10.2. The normalized spacial score (nSPS) is 15.3. The number of rotatable bonds is 4. The van der Waals surface area contributed by atoms with Crippen LogP contribution in [0, 0.1) is 6.92 Å². The maximum Gasteiger partial charge on any atom is 0.294 e. The highest BCUT2D eigenvalue weighted by molar-refractivity contribution is 8.00. The molecule has 1 aliphatic carbocycles. The van der Waals surface area contributed by atoms with Crippen LogP contribution in [0.25, 0.3) is 0 Å². The molecule has 3 rings (SSSR count). The quantitative estimate of drug-likeness (QED) is 0.916. The second kappa shape index (κ2) is 6.35. The number of amides is 1. The number of nitrogens with one attached hydrogen (secondary N) is 1. The standard InChI is InChI=1S/C16H18N2O2S/c1-11-10-14(20-18-11)16(19)17-13-8-4-5-9-15(13)21-12-6-2-3-7-12/h4-5,8-10,12H,2-3,6-7H2,1H3,(H,17,19). The molecule has 1 N–H and O–H groups in total. The van der Waals surface area contributed by atoms with E-state index in [4.69, 9.17) is 4.52 Å². The third-order valence-electron chi connectivity index (χ3n) is 3.58. The van der Waals surface area contributed by atoms with E-state index in [0.29, 0.717) is 10.9 Å². The van der Waals surface area contributed by atoms with Crippen molar-refractivity contribution in [2.45, 2.75) is 42.8 Å². The molecule has 0 saturated heterocycles. The monoisotopic (exact) mass is 302 g/mol. The van der Waals surface area contributed by atoms with Crippen LogP contribution in [0.15, 0.2) is 39.8 Å². The van der Waals surface area contributed by atoms with Gasteiger partial charge in [0.15, 0.2) is 0 Å². The lowest BCUT2D eigenvalue weighted by atomic mass is 10.3. The molecular weight excluding hydrogens is 284 g/mol. The zero-order valence-electron chi connectivity index (χ0n) is 12.0. The Hall–Kier alpha value is -1.75. The minimum Gasteiger partial charge on any atom is -0.351 e. The smallest absolute Gasteiger partial charge is 0.294 e. The van der Waals surface area contributed by atoms with Gasteiger partial charge in [0.1, 0.15) is 0 Å². The number of hydrogen-bond donors (Lipinski definition) is 1. The summed E-state index contributed by atoms with van der Waals surface area (Å²) in [6.45, 7) is 1.80. The molecule has 1 saturated carbocycles. The molecule has 5 heteroatoms. The molecule has 0 atom stereocenters. The largest absolute Gasteiger partial charge is 0.351 e. The maximum absolute atomic E-state index is 12.2. The van der Waals surface area contributed by atoms with Gasteiger partial charge in [0.05, 0.1) is 11.4 Å². The molecule has 0 aliphatic heterocycles. The van der Waals surface area contributed by atoms with Crippen LogP contribution in [0.5, 0.6) is 0 Å². The molecule has 2 aromatic rings. The maximum atomic E-state index is 12.2. The van der Waals surface area contributed by atoms with Crippen LogP contribution in [-0.4, -0.2) is 16.3 Å². The fourth-order valence-electron chi connectivity index (χ4n) is 2.51. The minimum absolute atomic E-state index is 0.244. The van der Waals surface area contributed by atoms with Crippen LogP contribution >= 0.6 is 11.8 Å². The summed E-state index contributed by atoms with van der Waals surface area (Å²) < 4.78 is 5.00. The Bertz CT molecular complexity index is 633. The molecule has 0 unspecified atom stereocenters. The van der Waals surface area contributed by atoms with Gasteiger partial charge < -0.3 is 9.84 Å². The molecule has 110 valence electrons. The molecule has 21 heavy (non-hydrogen) atoms. The SMILES string of the molecule is Cc1cc(C(=O)Nc2ccccc2SC2CCCC2)on1. The molecule has 0 radical (unpaired) electrons. The van der Waals surface area contributed by atoms with E-state index >= 15 is 0 Å². The van der Waals surface area contributed by atoms with Gasteiger partial charge in [0, 0.05) is 16.2 Å². The van der Waals surface area contributed by atoms with Crippen LogP contribution in [0.4, 0.5) is 5.69 Å². The Kier molecular flexibility index (Phi) is 4.29. The Morgan fingerprint density at radius 2 is 2.10 bits per heavy atom. The highest BCUT2D eigenvalue weighted by atomic mass is 32.2. The van der Waals surface area contributed by atoms with Gasteiger partial charge in [-0.15, -0.1) is 11.8 Å². The average Bonchev–Trinajstić information content (AvgIpc) is 3.12. The zero-order valence-corrected chi connectivity index (χ0v) is 12.8. The summed E-state index contributed by atoms with van der Waals surface area (Å²) in [4.78, 5) is 13.3. The number of aryl methyl sites for hydroxylation is 1. The van der Waals surface area contributed by atoms with Gasteiger partial charge in [-0.1, -0.05) is 30.1 Å². The first kappa shape index (κ1) is 14.2. The Balaban J connectivity index is 1.73. The summed E-state index contributed by atoms with van der Waals surface area (Å²) in [5.41, 5.74) is 1.54. The van der Waals surface area contributed by atoms with E-state index in [9.17, 15) is 4.79 Å². The number of thioether (sulfide) groups is 1. The van der Waals surface area contributed by atoms with Gasteiger partial charge in [-0.2, -0.15) is 0 Å². The topological polar surface area (TPSA) is 55.1 Å². The number of aromatic nitrogens is 1. The first-order valence-corrected chi connectivity index (χ1v) is 8.11. The highest BCUT2D eigenvalue weighted by Gasteiger charge is 2.19. The lowest BCUT2D eigenvalue weighted by Gasteiger charge is -2.13. The summed E-state index contributed by atoms with van der Waals surface area (Å²) in [6, 6.07) is 9.57. The van der Waals surface area contributed by atoms with Crippen molar-refractivity contribution in [1.82, 2.24) is 5.16 Å². The molecule has 1 amide bonds. The fourth-order valence-corrected chi connectivity index (χ4v) is 3.84. The Morgan fingerprint density at radius 1 is 1.33 bits per heavy atom. The molecule has 1 aromatic carbocycles. The van der Waals surface area contributed by atoms with Gasteiger partial charge in [-0.3, -0.25) is 4.79 Å². The first-order valence-electron chi connectivity index (χ1n) is 7.23. The van der Waals surface area contributed by atoms with Gasteiger partial charge in [0.2, 0.25) is 5.76 Å².